The summed E-state index contributed by atoms with van der Waals surface area (Å²) in [4.78, 5) is 36.5. The number of methoxy groups -OCH3 is 1. The third kappa shape index (κ3) is 3.14. The molecule has 6 nitrogen and oxygen atoms in total. The molecule has 1 N–H and O–H groups in total. The van der Waals surface area contributed by atoms with Crippen molar-refractivity contribution in [2.24, 2.45) is 7.05 Å². The number of benzene rings is 2. The van der Waals surface area contributed by atoms with E-state index in [9.17, 15) is 14.4 Å². The number of carbonyl (C=O) groups is 2. The third-order valence-electron chi connectivity index (χ3n) is 3.90. The Bertz CT molecular complexity index is 1020. The first kappa shape index (κ1) is 16.4. The van der Waals surface area contributed by atoms with E-state index >= 15 is 0 Å². The Kier molecular flexibility index (Phi) is 4.35. The third-order valence-corrected chi connectivity index (χ3v) is 3.90. The molecule has 0 spiro atoms. The van der Waals surface area contributed by atoms with Gasteiger partial charge in [0.2, 0.25) is 5.43 Å². The molecule has 0 radical (unpaired) electrons. The zero-order chi connectivity index (χ0) is 18.0. The zero-order valence-corrected chi connectivity index (χ0v) is 13.8. The first-order chi connectivity index (χ1) is 12.0. The molecule has 0 saturated heterocycles. The van der Waals surface area contributed by atoms with Gasteiger partial charge in [0.1, 0.15) is 5.56 Å². The number of aromatic nitrogens is 1. The maximum Gasteiger partial charge on any atom is 0.337 e. The van der Waals surface area contributed by atoms with Crippen LogP contribution in [0.15, 0.2) is 59.5 Å². The number of hydrogen-bond donors (Lipinski definition) is 1. The molecule has 0 unspecified atom stereocenters. The van der Waals surface area contributed by atoms with E-state index < -0.39 is 11.9 Å². The fraction of sp³-hybridized carbons (Fsp3) is 0.105. The Morgan fingerprint density at radius 1 is 1.04 bits per heavy atom. The number of aryl methyl sites for hydroxylation is 1. The Balaban J connectivity index is 1.91. The Hall–Kier alpha value is -3.41. The van der Waals surface area contributed by atoms with Gasteiger partial charge in [-0.15, -0.1) is 0 Å². The van der Waals surface area contributed by atoms with E-state index in [-0.39, 0.29) is 11.0 Å². The van der Waals surface area contributed by atoms with Gasteiger partial charge in [-0.1, -0.05) is 12.1 Å². The minimum Gasteiger partial charge on any atom is -0.465 e. The van der Waals surface area contributed by atoms with E-state index in [1.54, 1.807) is 48.0 Å². The highest BCUT2D eigenvalue weighted by Crippen LogP contribution is 2.14. The van der Waals surface area contributed by atoms with Gasteiger partial charge in [-0.25, -0.2) is 4.79 Å². The lowest BCUT2D eigenvalue weighted by Gasteiger charge is -2.10. The number of hydrogen-bond acceptors (Lipinski definition) is 4. The van der Waals surface area contributed by atoms with Crippen molar-refractivity contribution in [1.29, 1.82) is 0 Å². The van der Waals surface area contributed by atoms with Gasteiger partial charge >= 0.3 is 5.97 Å². The molecule has 126 valence electrons. The molecule has 1 aromatic heterocycles. The van der Waals surface area contributed by atoms with Gasteiger partial charge in [-0.2, -0.15) is 0 Å². The second-order valence-corrected chi connectivity index (χ2v) is 5.52. The van der Waals surface area contributed by atoms with E-state index in [4.69, 9.17) is 0 Å². The largest absolute Gasteiger partial charge is 0.465 e. The van der Waals surface area contributed by atoms with E-state index in [0.29, 0.717) is 16.6 Å². The fourth-order valence-corrected chi connectivity index (χ4v) is 2.61. The number of nitrogens with one attached hydrogen (secondary N) is 1. The summed E-state index contributed by atoms with van der Waals surface area (Å²) in [7, 11) is 3.08. The van der Waals surface area contributed by atoms with Crippen molar-refractivity contribution in [2.45, 2.75) is 0 Å². The highest BCUT2D eigenvalue weighted by atomic mass is 16.5. The van der Waals surface area contributed by atoms with Crippen LogP contribution in [0.4, 0.5) is 5.69 Å². The molecular formula is C19H16N2O4. The molecule has 1 amide bonds. The molecule has 0 aliphatic heterocycles. The van der Waals surface area contributed by atoms with Gasteiger partial charge in [0.05, 0.1) is 18.2 Å². The summed E-state index contributed by atoms with van der Waals surface area (Å²) in [6.45, 7) is 0. The van der Waals surface area contributed by atoms with Crippen molar-refractivity contribution in [2.75, 3.05) is 12.4 Å². The Morgan fingerprint density at radius 3 is 2.40 bits per heavy atom. The predicted octanol–water partition coefficient (Wildman–Crippen LogP) is 2.58. The molecule has 1 heterocycles. The van der Waals surface area contributed by atoms with Crippen LogP contribution >= 0.6 is 0 Å². The summed E-state index contributed by atoms with van der Waals surface area (Å²) in [5, 5.41) is 3.16. The van der Waals surface area contributed by atoms with Crippen molar-refractivity contribution < 1.29 is 14.3 Å². The topological polar surface area (TPSA) is 77.4 Å². The van der Waals surface area contributed by atoms with Crippen molar-refractivity contribution in [3.8, 4) is 0 Å². The predicted molar refractivity (Wildman–Crippen MR) is 94.9 cm³/mol. The smallest absolute Gasteiger partial charge is 0.337 e. The number of anilines is 1. The lowest BCUT2D eigenvalue weighted by Crippen LogP contribution is -2.23. The monoisotopic (exact) mass is 336 g/mol. The number of esters is 1. The summed E-state index contributed by atoms with van der Waals surface area (Å²) < 4.78 is 6.37. The van der Waals surface area contributed by atoms with Crippen molar-refractivity contribution in [1.82, 2.24) is 4.57 Å². The molecule has 6 heteroatoms. The maximum atomic E-state index is 12.6. The minimum atomic E-state index is -0.503. The summed E-state index contributed by atoms with van der Waals surface area (Å²) in [6, 6.07) is 13.4. The van der Waals surface area contributed by atoms with E-state index in [1.165, 1.54) is 13.3 Å². The quantitative estimate of drug-likeness (QED) is 0.746. The standard InChI is InChI=1S/C19H16N2O4/c1-21-11-15(17(22)14-5-3-4-6-16(14)21)18(23)20-13-9-7-12(8-10-13)19(24)25-2/h3-11H,1-2H3,(H,20,23). The van der Waals surface area contributed by atoms with E-state index in [0.717, 1.165) is 5.52 Å². The van der Waals surface area contributed by atoms with Crippen LogP contribution in [0.3, 0.4) is 0 Å². The second kappa shape index (κ2) is 6.60. The van der Waals surface area contributed by atoms with Crippen LogP contribution in [0, 0.1) is 0 Å². The van der Waals surface area contributed by atoms with Crippen LogP contribution in [0.5, 0.6) is 0 Å². The number of carbonyl (C=O) groups excluding carboxylic acids is 2. The fourth-order valence-electron chi connectivity index (χ4n) is 2.61. The molecule has 0 saturated carbocycles. The average Bonchev–Trinajstić information content (AvgIpc) is 2.64. The molecular weight excluding hydrogens is 320 g/mol. The van der Waals surface area contributed by atoms with Crippen LogP contribution in [-0.2, 0) is 11.8 Å². The molecule has 0 bridgehead atoms. The van der Waals surface area contributed by atoms with Gasteiger partial charge < -0.3 is 14.6 Å². The lowest BCUT2D eigenvalue weighted by molar-refractivity contribution is 0.0600. The summed E-state index contributed by atoms with van der Waals surface area (Å²) in [6.07, 6.45) is 1.52. The second-order valence-electron chi connectivity index (χ2n) is 5.52. The number of ether oxygens (including phenoxy) is 1. The average molecular weight is 336 g/mol. The number of amides is 1. The van der Waals surface area contributed by atoms with Crippen molar-refractivity contribution in [3.05, 3.63) is 76.1 Å². The molecule has 0 aliphatic carbocycles. The minimum absolute atomic E-state index is 0.0539. The van der Waals surface area contributed by atoms with Crippen molar-refractivity contribution in [3.63, 3.8) is 0 Å². The normalized spacial score (nSPS) is 10.5. The van der Waals surface area contributed by atoms with Crippen LogP contribution < -0.4 is 10.7 Å². The van der Waals surface area contributed by atoms with Gasteiger partial charge in [0, 0.05) is 24.3 Å². The number of pyridine rings is 1. The highest BCUT2D eigenvalue weighted by molar-refractivity contribution is 6.06. The van der Waals surface area contributed by atoms with Crippen LogP contribution in [-0.4, -0.2) is 23.6 Å². The Morgan fingerprint density at radius 2 is 1.72 bits per heavy atom. The number of rotatable bonds is 3. The van der Waals surface area contributed by atoms with Gasteiger partial charge in [-0.05, 0) is 36.4 Å². The molecule has 0 aliphatic rings. The van der Waals surface area contributed by atoms with Gasteiger partial charge in [0.15, 0.2) is 0 Å². The van der Waals surface area contributed by atoms with Crippen molar-refractivity contribution >= 4 is 28.5 Å². The summed E-state index contributed by atoms with van der Waals surface area (Å²) >= 11 is 0. The molecule has 3 aromatic rings. The van der Waals surface area contributed by atoms with Gasteiger partial charge in [-0.3, -0.25) is 9.59 Å². The lowest BCUT2D eigenvalue weighted by atomic mass is 10.1. The molecule has 0 fully saturated rings. The zero-order valence-electron chi connectivity index (χ0n) is 13.8. The SMILES string of the molecule is COC(=O)c1ccc(NC(=O)c2cn(C)c3ccccc3c2=O)cc1. The summed E-state index contributed by atoms with van der Waals surface area (Å²) in [5.74, 6) is -0.960. The van der Waals surface area contributed by atoms with Crippen LogP contribution in [0.2, 0.25) is 0 Å². The first-order valence-corrected chi connectivity index (χ1v) is 7.59. The Labute approximate surface area is 143 Å². The molecule has 0 atom stereocenters. The van der Waals surface area contributed by atoms with E-state index in [1.807, 2.05) is 12.1 Å². The maximum absolute atomic E-state index is 12.6. The summed E-state index contributed by atoms with van der Waals surface area (Å²) in [5.41, 5.74) is 1.34. The van der Waals surface area contributed by atoms with Gasteiger partial charge in [0.25, 0.3) is 5.91 Å². The number of nitrogens with zero attached hydrogens (tertiary/aromatic N) is 1. The molecule has 2 aromatic carbocycles. The molecule has 25 heavy (non-hydrogen) atoms. The number of para-hydroxylation sites is 1. The van der Waals surface area contributed by atoms with Crippen LogP contribution in [0.25, 0.3) is 10.9 Å². The van der Waals surface area contributed by atoms with E-state index in [2.05, 4.69) is 10.1 Å². The molecule has 3 rings (SSSR count). The number of fused-ring (bicyclic) bond motifs is 1. The first-order valence-electron chi connectivity index (χ1n) is 7.59. The highest BCUT2D eigenvalue weighted by Gasteiger charge is 2.15. The van der Waals surface area contributed by atoms with Crippen LogP contribution in [0.1, 0.15) is 20.7 Å².